The van der Waals surface area contributed by atoms with Gasteiger partial charge in [-0.25, -0.2) is 0 Å². The van der Waals surface area contributed by atoms with Crippen molar-refractivity contribution in [2.24, 2.45) is 0 Å². The summed E-state index contributed by atoms with van der Waals surface area (Å²) in [7, 11) is 0. The SMILES string of the molecule is c1coc(-c2cncc3ccccc23)c1. The lowest BCUT2D eigenvalue weighted by atomic mass is 10.1. The predicted octanol–water partition coefficient (Wildman–Crippen LogP) is 3.49. The van der Waals surface area contributed by atoms with Crippen LogP contribution in [0.25, 0.3) is 22.1 Å². The molecule has 15 heavy (non-hydrogen) atoms. The van der Waals surface area contributed by atoms with Crippen LogP contribution in [0.1, 0.15) is 0 Å². The van der Waals surface area contributed by atoms with Gasteiger partial charge in [0.25, 0.3) is 0 Å². The lowest BCUT2D eigenvalue weighted by Crippen LogP contribution is -1.81. The maximum atomic E-state index is 5.39. The highest BCUT2D eigenvalue weighted by Crippen LogP contribution is 2.27. The van der Waals surface area contributed by atoms with Crippen LogP contribution in [-0.2, 0) is 0 Å². The number of hydrogen-bond donors (Lipinski definition) is 0. The molecule has 2 aromatic heterocycles. The first-order valence-electron chi connectivity index (χ1n) is 4.82. The van der Waals surface area contributed by atoms with E-state index in [1.54, 1.807) is 6.26 Å². The summed E-state index contributed by atoms with van der Waals surface area (Å²) in [6.07, 6.45) is 5.38. The summed E-state index contributed by atoms with van der Waals surface area (Å²) in [5.74, 6) is 0.860. The molecule has 0 aliphatic heterocycles. The topological polar surface area (TPSA) is 26.0 Å². The van der Waals surface area contributed by atoms with Gasteiger partial charge in [-0.1, -0.05) is 24.3 Å². The lowest BCUT2D eigenvalue weighted by molar-refractivity contribution is 0.582. The van der Waals surface area contributed by atoms with Gasteiger partial charge in [-0.2, -0.15) is 0 Å². The van der Waals surface area contributed by atoms with E-state index in [2.05, 4.69) is 17.1 Å². The summed E-state index contributed by atoms with van der Waals surface area (Å²) in [4.78, 5) is 4.21. The van der Waals surface area contributed by atoms with Gasteiger partial charge in [0.15, 0.2) is 0 Å². The minimum Gasteiger partial charge on any atom is -0.464 e. The van der Waals surface area contributed by atoms with Gasteiger partial charge in [0.2, 0.25) is 0 Å². The Morgan fingerprint density at radius 2 is 1.87 bits per heavy atom. The molecular weight excluding hydrogens is 186 g/mol. The second kappa shape index (κ2) is 3.24. The van der Waals surface area contributed by atoms with Gasteiger partial charge in [-0.3, -0.25) is 4.98 Å². The van der Waals surface area contributed by atoms with Gasteiger partial charge in [-0.15, -0.1) is 0 Å². The molecule has 0 N–H and O–H groups in total. The smallest absolute Gasteiger partial charge is 0.136 e. The largest absolute Gasteiger partial charge is 0.464 e. The van der Waals surface area contributed by atoms with E-state index in [4.69, 9.17) is 4.42 Å². The van der Waals surface area contributed by atoms with Crippen LogP contribution in [0, 0.1) is 0 Å². The molecule has 0 bridgehead atoms. The number of fused-ring (bicyclic) bond motifs is 1. The summed E-state index contributed by atoms with van der Waals surface area (Å²) in [5.41, 5.74) is 1.04. The summed E-state index contributed by atoms with van der Waals surface area (Å²) in [5, 5.41) is 2.30. The van der Waals surface area contributed by atoms with Crippen molar-refractivity contribution in [3.8, 4) is 11.3 Å². The van der Waals surface area contributed by atoms with Gasteiger partial charge in [0.1, 0.15) is 5.76 Å². The normalized spacial score (nSPS) is 10.7. The monoisotopic (exact) mass is 195 g/mol. The Morgan fingerprint density at radius 3 is 2.73 bits per heavy atom. The van der Waals surface area contributed by atoms with Crippen LogP contribution < -0.4 is 0 Å². The lowest BCUT2D eigenvalue weighted by Gasteiger charge is -2.02. The highest BCUT2D eigenvalue weighted by molar-refractivity contribution is 5.94. The first kappa shape index (κ1) is 8.24. The Hall–Kier alpha value is -2.09. The quantitative estimate of drug-likeness (QED) is 0.594. The Labute approximate surface area is 87.2 Å². The zero-order chi connectivity index (χ0) is 10.1. The molecule has 0 atom stereocenters. The van der Waals surface area contributed by atoms with Gasteiger partial charge >= 0.3 is 0 Å². The number of aromatic nitrogens is 1. The number of nitrogens with zero attached hydrogens (tertiary/aromatic N) is 1. The zero-order valence-electron chi connectivity index (χ0n) is 8.05. The van der Waals surface area contributed by atoms with E-state index >= 15 is 0 Å². The molecule has 2 heterocycles. The van der Waals surface area contributed by atoms with Crippen LogP contribution in [0.4, 0.5) is 0 Å². The van der Waals surface area contributed by atoms with Crippen molar-refractivity contribution < 1.29 is 4.42 Å². The minimum absolute atomic E-state index is 0.860. The number of hydrogen-bond acceptors (Lipinski definition) is 2. The molecule has 0 unspecified atom stereocenters. The van der Waals surface area contributed by atoms with Crippen LogP contribution in [-0.4, -0.2) is 4.98 Å². The molecule has 3 rings (SSSR count). The molecular formula is C13H9NO. The summed E-state index contributed by atoms with van der Waals surface area (Å²) < 4.78 is 5.39. The van der Waals surface area contributed by atoms with Crippen molar-refractivity contribution in [1.29, 1.82) is 0 Å². The molecule has 0 radical (unpaired) electrons. The van der Waals surface area contributed by atoms with E-state index in [0.717, 1.165) is 16.7 Å². The van der Waals surface area contributed by atoms with Crippen molar-refractivity contribution in [1.82, 2.24) is 4.98 Å². The van der Waals surface area contributed by atoms with E-state index in [0.29, 0.717) is 0 Å². The molecule has 0 spiro atoms. The molecule has 0 aliphatic rings. The molecule has 2 heteroatoms. The summed E-state index contributed by atoms with van der Waals surface area (Å²) >= 11 is 0. The van der Waals surface area contributed by atoms with Crippen molar-refractivity contribution in [3.63, 3.8) is 0 Å². The molecule has 0 aliphatic carbocycles. The van der Waals surface area contributed by atoms with Crippen molar-refractivity contribution in [2.75, 3.05) is 0 Å². The molecule has 2 nitrogen and oxygen atoms in total. The molecule has 0 saturated carbocycles. The van der Waals surface area contributed by atoms with E-state index in [1.165, 1.54) is 5.39 Å². The fourth-order valence-electron chi connectivity index (χ4n) is 1.74. The van der Waals surface area contributed by atoms with E-state index < -0.39 is 0 Å². The highest BCUT2D eigenvalue weighted by atomic mass is 16.3. The zero-order valence-corrected chi connectivity index (χ0v) is 8.05. The van der Waals surface area contributed by atoms with Crippen LogP contribution in [0.5, 0.6) is 0 Å². The first-order valence-corrected chi connectivity index (χ1v) is 4.82. The third kappa shape index (κ3) is 1.31. The molecule has 3 aromatic rings. The van der Waals surface area contributed by atoms with Crippen LogP contribution in [0.3, 0.4) is 0 Å². The van der Waals surface area contributed by atoms with Crippen molar-refractivity contribution >= 4 is 10.8 Å². The van der Waals surface area contributed by atoms with Gasteiger partial charge in [0.05, 0.1) is 6.26 Å². The Bertz CT molecular complexity index is 579. The van der Waals surface area contributed by atoms with Gasteiger partial charge in [0, 0.05) is 23.3 Å². The second-order valence-electron chi connectivity index (χ2n) is 3.39. The highest BCUT2D eigenvalue weighted by Gasteiger charge is 2.05. The third-order valence-electron chi connectivity index (χ3n) is 2.45. The van der Waals surface area contributed by atoms with E-state index in [9.17, 15) is 0 Å². The van der Waals surface area contributed by atoms with Crippen LogP contribution in [0.15, 0.2) is 59.5 Å². The summed E-state index contributed by atoms with van der Waals surface area (Å²) in [6.45, 7) is 0. The van der Waals surface area contributed by atoms with E-state index in [-0.39, 0.29) is 0 Å². The maximum absolute atomic E-state index is 5.39. The molecule has 1 aromatic carbocycles. The molecule has 72 valence electrons. The number of furan rings is 1. The fourth-order valence-corrected chi connectivity index (χ4v) is 1.74. The molecule has 0 saturated heterocycles. The van der Waals surface area contributed by atoms with Gasteiger partial charge in [-0.05, 0) is 17.5 Å². The number of rotatable bonds is 1. The van der Waals surface area contributed by atoms with Crippen LogP contribution >= 0.6 is 0 Å². The van der Waals surface area contributed by atoms with Crippen molar-refractivity contribution in [3.05, 3.63) is 55.1 Å². The Morgan fingerprint density at radius 1 is 0.933 bits per heavy atom. The number of benzene rings is 1. The standard InChI is InChI=1S/C13H9NO/c1-2-5-11-10(4-1)8-14-9-12(11)13-6-3-7-15-13/h1-9H. The Kier molecular flexibility index (Phi) is 1.78. The third-order valence-corrected chi connectivity index (χ3v) is 2.45. The van der Waals surface area contributed by atoms with Crippen LogP contribution in [0.2, 0.25) is 0 Å². The average Bonchev–Trinajstić information content (AvgIpc) is 2.82. The average molecular weight is 195 g/mol. The van der Waals surface area contributed by atoms with Gasteiger partial charge < -0.3 is 4.42 Å². The Balaban J connectivity index is 2.36. The molecule has 0 amide bonds. The summed E-state index contributed by atoms with van der Waals surface area (Å²) in [6, 6.07) is 12.0. The fraction of sp³-hybridized carbons (Fsp3) is 0. The predicted molar refractivity (Wildman–Crippen MR) is 59.4 cm³/mol. The minimum atomic E-state index is 0.860. The molecule has 0 fully saturated rings. The van der Waals surface area contributed by atoms with E-state index in [1.807, 2.05) is 36.7 Å². The second-order valence-corrected chi connectivity index (χ2v) is 3.39. The first-order chi connectivity index (χ1) is 7.45. The maximum Gasteiger partial charge on any atom is 0.136 e. The number of pyridine rings is 1. The van der Waals surface area contributed by atoms with Crippen molar-refractivity contribution in [2.45, 2.75) is 0 Å².